The SMILES string of the molecule is N#Cc1cc(-c2nnc(C(F)(F)F)[nH]2)cnc1CN1CCC(c2cccc3c2O[C@@H](c2ccc(Cl)cc2F)O3)CC1. The molecule has 4 heterocycles. The van der Waals surface area contributed by atoms with Crippen molar-refractivity contribution in [3.8, 4) is 29.0 Å². The molecular weight excluding hydrogens is 564 g/mol. The summed E-state index contributed by atoms with van der Waals surface area (Å²) in [4.78, 5) is 8.65. The molecular formula is C28H21ClF4N6O2. The first-order valence-corrected chi connectivity index (χ1v) is 13.1. The Labute approximate surface area is 236 Å². The van der Waals surface area contributed by atoms with E-state index < -0.39 is 24.1 Å². The number of ether oxygens (including phenoxy) is 2. The number of hydrogen-bond acceptors (Lipinski definition) is 7. The lowest BCUT2D eigenvalue weighted by Gasteiger charge is -2.32. The lowest BCUT2D eigenvalue weighted by molar-refractivity contribution is -0.144. The van der Waals surface area contributed by atoms with Crippen molar-refractivity contribution in [1.29, 1.82) is 5.26 Å². The topological polar surface area (TPSA) is 100.0 Å². The van der Waals surface area contributed by atoms with Gasteiger partial charge in [0.15, 0.2) is 17.3 Å². The molecule has 1 saturated heterocycles. The first-order valence-electron chi connectivity index (χ1n) is 12.7. The van der Waals surface area contributed by atoms with Gasteiger partial charge in [-0.3, -0.25) is 9.88 Å². The van der Waals surface area contributed by atoms with Crippen molar-refractivity contribution >= 4 is 11.6 Å². The van der Waals surface area contributed by atoms with Crippen molar-refractivity contribution in [2.45, 2.75) is 37.8 Å². The molecule has 2 aliphatic heterocycles. The zero-order chi connectivity index (χ0) is 28.7. The summed E-state index contributed by atoms with van der Waals surface area (Å²) >= 11 is 5.88. The molecule has 0 radical (unpaired) electrons. The summed E-state index contributed by atoms with van der Waals surface area (Å²) in [6.45, 7) is 1.84. The van der Waals surface area contributed by atoms with Gasteiger partial charge in [-0.05, 0) is 62.2 Å². The maximum Gasteiger partial charge on any atom is 0.451 e. The van der Waals surface area contributed by atoms with E-state index in [1.165, 1.54) is 18.3 Å². The molecule has 0 saturated carbocycles. The van der Waals surface area contributed by atoms with Crippen LogP contribution >= 0.6 is 11.6 Å². The number of nitrogens with one attached hydrogen (secondary N) is 1. The lowest BCUT2D eigenvalue weighted by Crippen LogP contribution is -2.33. The molecule has 0 bridgehead atoms. The van der Waals surface area contributed by atoms with Gasteiger partial charge in [0, 0.05) is 28.9 Å². The molecule has 2 aromatic carbocycles. The molecule has 2 aliphatic rings. The standard InChI is InChI=1S/C28H21ClF4N6O2/c29-18-4-5-20(21(30)11-18)26-40-23-3-1-2-19(24(23)41-26)15-6-8-39(9-7-15)14-22-16(12-34)10-17(13-35-22)25-36-27(38-37-25)28(31,32)33/h1-5,10-11,13,15,26H,6-9,14H2,(H,36,37,38)/t26-/m0/s1. The van der Waals surface area contributed by atoms with Crippen molar-refractivity contribution in [3.63, 3.8) is 0 Å². The molecule has 13 heteroatoms. The predicted octanol–water partition coefficient (Wildman–Crippen LogP) is 6.40. The summed E-state index contributed by atoms with van der Waals surface area (Å²) in [7, 11) is 0. The number of likely N-dealkylation sites (tertiary alicyclic amines) is 1. The number of nitrogens with zero attached hydrogens (tertiary/aromatic N) is 5. The van der Waals surface area contributed by atoms with Gasteiger partial charge in [-0.25, -0.2) is 4.39 Å². The van der Waals surface area contributed by atoms with Crippen LogP contribution in [0.25, 0.3) is 11.4 Å². The number of H-pyrrole nitrogens is 1. The van der Waals surface area contributed by atoms with Crippen LogP contribution in [0.3, 0.4) is 0 Å². The van der Waals surface area contributed by atoms with Gasteiger partial charge in [0.05, 0.1) is 16.8 Å². The van der Waals surface area contributed by atoms with Crippen molar-refractivity contribution in [1.82, 2.24) is 25.1 Å². The summed E-state index contributed by atoms with van der Waals surface area (Å²) in [5.74, 6) is -0.492. The van der Waals surface area contributed by atoms with E-state index in [1.54, 1.807) is 18.2 Å². The van der Waals surface area contributed by atoms with E-state index in [0.29, 0.717) is 23.7 Å². The minimum atomic E-state index is -4.65. The van der Waals surface area contributed by atoms with E-state index in [4.69, 9.17) is 21.1 Å². The molecule has 1 N–H and O–H groups in total. The number of piperidine rings is 1. The molecule has 6 rings (SSSR count). The Morgan fingerprint density at radius 2 is 1.88 bits per heavy atom. The van der Waals surface area contributed by atoms with E-state index in [9.17, 15) is 22.8 Å². The van der Waals surface area contributed by atoms with Crippen LogP contribution in [0.1, 0.15) is 53.3 Å². The first-order chi connectivity index (χ1) is 19.7. The molecule has 4 aromatic rings. The van der Waals surface area contributed by atoms with Gasteiger partial charge in [0.25, 0.3) is 6.29 Å². The fourth-order valence-corrected chi connectivity index (χ4v) is 5.28. The Kier molecular flexibility index (Phi) is 7.01. The Bertz CT molecular complexity index is 1650. The third-order valence-corrected chi connectivity index (χ3v) is 7.44. The van der Waals surface area contributed by atoms with Crippen molar-refractivity contribution in [2.24, 2.45) is 0 Å². The number of aromatic nitrogens is 4. The molecule has 0 aliphatic carbocycles. The highest BCUT2D eigenvalue weighted by atomic mass is 35.5. The number of aromatic amines is 1. The van der Waals surface area contributed by atoms with Gasteiger partial charge < -0.3 is 14.5 Å². The Morgan fingerprint density at radius 3 is 2.59 bits per heavy atom. The number of hydrogen-bond donors (Lipinski definition) is 1. The predicted molar refractivity (Wildman–Crippen MR) is 138 cm³/mol. The number of rotatable bonds is 5. The molecule has 41 heavy (non-hydrogen) atoms. The van der Waals surface area contributed by atoms with Gasteiger partial charge >= 0.3 is 6.18 Å². The van der Waals surface area contributed by atoms with Gasteiger partial charge in [0.1, 0.15) is 11.9 Å². The molecule has 0 amide bonds. The third-order valence-electron chi connectivity index (χ3n) is 7.20. The minimum absolute atomic E-state index is 0.115. The smallest absolute Gasteiger partial charge is 0.447 e. The fraction of sp³-hybridized carbons (Fsp3) is 0.286. The normalized spacial score (nSPS) is 17.5. The molecule has 2 aromatic heterocycles. The summed E-state index contributed by atoms with van der Waals surface area (Å²) in [5.41, 5.74) is 2.27. The van der Waals surface area contributed by atoms with E-state index in [1.807, 2.05) is 12.1 Å². The van der Waals surface area contributed by atoms with Crippen molar-refractivity contribution in [3.05, 3.63) is 87.7 Å². The maximum absolute atomic E-state index is 14.5. The largest absolute Gasteiger partial charge is 0.451 e. The highest BCUT2D eigenvalue weighted by molar-refractivity contribution is 6.30. The third kappa shape index (κ3) is 5.42. The molecule has 0 spiro atoms. The number of benzene rings is 2. The first kappa shape index (κ1) is 27.0. The van der Waals surface area contributed by atoms with Crippen LogP contribution in [0.4, 0.5) is 17.6 Å². The second-order valence-corrected chi connectivity index (χ2v) is 10.2. The van der Waals surface area contributed by atoms with Gasteiger partial charge in [0.2, 0.25) is 5.82 Å². The Morgan fingerprint density at radius 1 is 1.07 bits per heavy atom. The average molecular weight is 585 g/mol. The van der Waals surface area contributed by atoms with Gasteiger partial charge in [-0.1, -0.05) is 23.7 Å². The maximum atomic E-state index is 14.5. The number of nitriles is 1. The summed E-state index contributed by atoms with van der Waals surface area (Å²) in [6.07, 6.45) is -2.57. The van der Waals surface area contributed by atoms with Crippen LogP contribution in [-0.4, -0.2) is 38.2 Å². The number of alkyl halides is 3. The van der Waals surface area contributed by atoms with Crippen LogP contribution in [0.5, 0.6) is 11.5 Å². The number of halogens is 5. The van der Waals surface area contributed by atoms with Crippen LogP contribution in [0.15, 0.2) is 48.7 Å². The monoisotopic (exact) mass is 584 g/mol. The second kappa shape index (κ2) is 10.6. The fourth-order valence-electron chi connectivity index (χ4n) is 5.12. The van der Waals surface area contributed by atoms with E-state index in [2.05, 4.69) is 31.1 Å². The van der Waals surface area contributed by atoms with Crippen molar-refractivity contribution in [2.75, 3.05) is 13.1 Å². The van der Waals surface area contributed by atoms with Crippen LogP contribution < -0.4 is 9.47 Å². The number of pyridine rings is 1. The van der Waals surface area contributed by atoms with E-state index in [0.717, 1.165) is 31.5 Å². The summed E-state index contributed by atoms with van der Waals surface area (Å²) < 4.78 is 65.1. The van der Waals surface area contributed by atoms with Crippen LogP contribution in [0.2, 0.25) is 5.02 Å². The highest BCUT2D eigenvalue weighted by Crippen LogP contribution is 2.47. The van der Waals surface area contributed by atoms with Crippen molar-refractivity contribution < 1.29 is 27.0 Å². The minimum Gasteiger partial charge on any atom is -0.447 e. The highest BCUT2D eigenvalue weighted by Gasteiger charge is 2.36. The number of fused-ring (bicyclic) bond motifs is 1. The Balaban J connectivity index is 1.12. The lowest BCUT2D eigenvalue weighted by atomic mass is 9.88. The average Bonchev–Trinajstić information content (AvgIpc) is 3.62. The molecule has 0 unspecified atom stereocenters. The molecule has 210 valence electrons. The Hall–Kier alpha value is -4.21. The summed E-state index contributed by atoms with van der Waals surface area (Å²) in [5, 5.41) is 16.6. The van der Waals surface area contributed by atoms with E-state index >= 15 is 0 Å². The molecule has 8 nitrogen and oxygen atoms in total. The zero-order valence-corrected chi connectivity index (χ0v) is 22.0. The van der Waals surface area contributed by atoms with E-state index in [-0.39, 0.29) is 33.5 Å². The quantitative estimate of drug-likeness (QED) is 0.271. The van der Waals surface area contributed by atoms with Crippen LogP contribution in [-0.2, 0) is 12.7 Å². The van der Waals surface area contributed by atoms with Gasteiger partial charge in [-0.15, -0.1) is 10.2 Å². The summed E-state index contributed by atoms with van der Waals surface area (Å²) in [6, 6.07) is 13.6. The second-order valence-electron chi connectivity index (χ2n) is 9.81. The number of para-hydroxylation sites is 1. The zero-order valence-electron chi connectivity index (χ0n) is 21.3. The molecule has 1 fully saturated rings. The van der Waals surface area contributed by atoms with Gasteiger partial charge in [-0.2, -0.15) is 18.4 Å². The molecule has 1 atom stereocenters. The van der Waals surface area contributed by atoms with Crippen LogP contribution in [0, 0.1) is 17.1 Å².